The van der Waals surface area contributed by atoms with Crippen molar-refractivity contribution in [3.8, 4) is 0 Å². The van der Waals surface area contributed by atoms with Crippen LogP contribution in [0.15, 0.2) is 11.4 Å². The van der Waals surface area contributed by atoms with Gasteiger partial charge in [-0.3, -0.25) is 4.79 Å². The Balaban J connectivity index is 2.20. The zero-order chi connectivity index (χ0) is 12.0. The first-order chi connectivity index (χ1) is 8.17. The molecule has 5 nitrogen and oxygen atoms in total. The van der Waals surface area contributed by atoms with Gasteiger partial charge in [-0.1, -0.05) is 18.7 Å². The van der Waals surface area contributed by atoms with Gasteiger partial charge in [-0.05, 0) is 18.6 Å². The van der Waals surface area contributed by atoms with Crippen LogP contribution in [0.1, 0.15) is 29.4 Å². The highest BCUT2D eigenvalue weighted by Crippen LogP contribution is 2.24. The summed E-state index contributed by atoms with van der Waals surface area (Å²) in [6.45, 7) is 2.07. The van der Waals surface area contributed by atoms with Crippen LogP contribution >= 0.6 is 11.8 Å². The van der Waals surface area contributed by atoms with E-state index in [0.29, 0.717) is 28.8 Å². The van der Waals surface area contributed by atoms with Gasteiger partial charge in [0.05, 0.1) is 11.3 Å². The maximum atomic E-state index is 11.9. The quantitative estimate of drug-likeness (QED) is 0.717. The molecule has 0 aromatic carbocycles. The second kappa shape index (κ2) is 3.80. The molecule has 2 aromatic heterocycles. The third kappa shape index (κ3) is 1.72. The van der Waals surface area contributed by atoms with Gasteiger partial charge < -0.3 is 0 Å². The molecule has 0 radical (unpaired) electrons. The fraction of sp³-hybridized carbons (Fsp3) is 0.455. The summed E-state index contributed by atoms with van der Waals surface area (Å²) in [5.74, 6) is 1.11. The molecule has 2 aromatic rings. The average molecular weight is 248 g/mol. The summed E-state index contributed by atoms with van der Waals surface area (Å²) >= 11 is 1.47. The summed E-state index contributed by atoms with van der Waals surface area (Å²) in [6.07, 6.45) is 5.13. The number of carbonyl (C=O) groups excluding carboxylic acids is 1. The van der Waals surface area contributed by atoms with Crippen LogP contribution in [0.5, 0.6) is 0 Å². The molecule has 6 heteroatoms. The molecule has 0 saturated carbocycles. The summed E-state index contributed by atoms with van der Waals surface area (Å²) in [5.41, 5.74) is 1.56. The lowest BCUT2D eigenvalue weighted by molar-refractivity contribution is 0.0951. The monoisotopic (exact) mass is 248 g/mol. The van der Waals surface area contributed by atoms with Crippen molar-refractivity contribution in [2.45, 2.75) is 24.9 Å². The topological polar surface area (TPSA) is 60.1 Å². The van der Waals surface area contributed by atoms with Crippen LogP contribution in [0.2, 0.25) is 0 Å². The van der Waals surface area contributed by atoms with Gasteiger partial charge in [0.1, 0.15) is 0 Å². The molecule has 0 amide bonds. The van der Waals surface area contributed by atoms with Crippen molar-refractivity contribution in [1.82, 2.24) is 19.6 Å². The molecule has 1 aliphatic rings. The number of nitrogens with zero attached hydrogens (tertiary/aromatic N) is 4. The lowest BCUT2D eigenvalue weighted by atomic mass is 9.88. The number of fused-ring (bicyclic) bond motifs is 2. The lowest BCUT2D eigenvalue weighted by Gasteiger charge is -2.18. The molecule has 0 spiro atoms. The van der Waals surface area contributed by atoms with Gasteiger partial charge in [-0.15, -0.1) is 5.10 Å². The number of aromatic nitrogens is 4. The van der Waals surface area contributed by atoms with E-state index in [2.05, 4.69) is 22.0 Å². The van der Waals surface area contributed by atoms with Crippen molar-refractivity contribution >= 4 is 23.3 Å². The minimum atomic E-state index is 0.161. The molecule has 88 valence electrons. The van der Waals surface area contributed by atoms with Crippen molar-refractivity contribution in [2.24, 2.45) is 5.92 Å². The third-order valence-electron chi connectivity index (χ3n) is 2.95. The van der Waals surface area contributed by atoms with Crippen molar-refractivity contribution in [3.63, 3.8) is 0 Å². The van der Waals surface area contributed by atoms with Gasteiger partial charge in [0.15, 0.2) is 5.78 Å². The second-order valence-corrected chi connectivity index (χ2v) is 5.15. The Hall–Kier alpha value is -1.43. The normalized spacial score (nSPS) is 19.6. The molecule has 1 atom stereocenters. The maximum Gasteiger partial charge on any atom is 0.253 e. The highest BCUT2D eigenvalue weighted by Gasteiger charge is 2.24. The molecule has 0 fully saturated rings. The van der Waals surface area contributed by atoms with Crippen LogP contribution in [0.4, 0.5) is 0 Å². The van der Waals surface area contributed by atoms with Gasteiger partial charge in [-0.25, -0.2) is 9.50 Å². The van der Waals surface area contributed by atoms with E-state index >= 15 is 0 Å². The minimum Gasteiger partial charge on any atom is -0.294 e. The molecule has 1 aliphatic carbocycles. The Morgan fingerprint density at radius 2 is 2.24 bits per heavy atom. The number of Topliss-reactive ketones (excluding diaryl/α,β-unsaturated/α-hetero) is 1. The molecular weight excluding hydrogens is 236 g/mol. The zero-order valence-corrected chi connectivity index (χ0v) is 10.5. The van der Waals surface area contributed by atoms with Crippen LogP contribution in [0.25, 0.3) is 5.78 Å². The summed E-state index contributed by atoms with van der Waals surface area (Å²) in [6, 6.07) is 0. The zero-order valence-electron chi connectivity index (χ0n) is 9.67. The van der Waals surface area contributed by atoms with Crippen molar-refractivity contribution < 1.29 is 4.79 Å². The van der Waals surface area contributed by atoms with Gasteiger partial charge in [0.2, 0.25) is 5.16 Å². The van der Waals surface area contributed by atoms with Gasteiger partial charge in [-0.2, -0.15) is 4.98 Å². The smallest absolute Gasteiger partial charge is 0.253 e. The molecule has 0 saturated heterocycles. The summed E-state index contributed by atoms with van der Waals surface area (Å²) < 4.78 is 1.60. The van der Waals surface area contributed by atoms with E-state index in [1.165, 1.54) is 11.8 Å². The molecule has 0 unspecified atom stereocenters. The summed E-state index contributed by atoms with van der Waals surface area (Å²) in [4.78, 5) is 20.6. The fourth-order valence-electron chi connectivity index (χ4n) is 2.14. The first-order valence-electron chi connectivity index (χ1n) is 5.51. The predicted molar refractivity (Wildman–Crippen MR) is 64.4 cm³/mol. The first kappa shape index (κ1) is 10.7. The Kier molecular flexibility index (Phi) is 2.39. The van der Waals surface area contributed by atoms with Gasteiger partial charge in [0.25, 0.3) is 5.78 Å². The van der Waals surface area contributed by atoms with E-state index < -0.39 is 0 Å². The number of hydrogen-bond acceptors (Lipinski definition) is 5. The van der Waals surface area contributed by atoms with Crippen LogP contribution in [-0.2, 0) is 6.42 Å². The number of ketones is 1. The molecule has 2 heterocycles. The summed E-state index contributed by atoms with van der Waals surface area (Å²) in [5, 5.41) is 4.93. The molecule has 0 aliphatic heterocycles. The summed E-state index contributed by atoms with van der Waals surface area (Å²) in [7, 11) is 0. The van der Waals surface area contributed by atoms with Crippen molar-refractivity contribution in [1.29, 1.82) is 0 Å². The first-order valence-corrected chi connectivity index (χ1v) is 6.73. The van der Waals surface area contributed by atoms with Crippen LogP contribution in [0, 0.1) is 5.92 Å². The van der Waals surface area contributed by atoms with E-state index in [1.54, 1.807) is 10.7 Å². The van der Waals surface area contributed by atoms with E-state index in [9.17, 15) is 4.79 Å². The molecular formula is C11H12N4OS. The largest absolute Gasteiger partial charge is 0.294 e. The number of rotatable bonds is 1. The Labute approximate surface area is 103 Å². The Morgan fingerprint density at radius 1 is 1.41 bits per heavy atom. The molecule has 0 bridgehead atoms. The van der Waals surface area contributed by atoms with Crippen molar-refractivity contribution in [2.75, 3.05) is 6.26 Å². The van der Waals surface area contributed by atoms with Gasteiger partial charge >= 0.3 is 0 Å². The highest BCUT2D eigenvalue weighted by molar-refractivity contribution is 7.98. The predicted octanol–water partition coefficient (Wildman–Crippen LogP) is 1.61. The second-order valence-electron chi connectivity index (χ2n) is 4.38. The molecule has 3 rings (SSSR count). The van der Waals surface area contributed by atoms with Crippen LogP contribution < -0.4 is 0 Å². The maximum absolute atomic E-state index is 11.9. The molecule has 0 N–H and O–H groups in total. The minimum absolute atomic E-state index is 0.161. The average Bonchev–Trinajstić information content (AvgIpc) is 2.68. The number of hydrogen-bond donors (Lipinski definition) is 0. The molecule has 17 heavy (non-hydrogen) atoms. The Morgan fingerprint density at radius 3 is 3.00 bits per heavy atom. The van der Waals surface area contributed by atoms with Gasteiger partial charge in [0, 0.05) is 12.6 Å². The van der Waals surface area contributed by atoms with E-state index in [-0.39, 0.29) is 5.78 Å². The standard InChI is InChI=1S/C11H12N4OS/c1-6-3-8-7(9(16)4-6)5-15-10(12-8)13-11(14-15)17-2/h5-6H,3-4H2,1-2H3/t6-/m0/s1. The SMILES string of the molecule is CSc1nc2nc3c(cn2n1)C(=O)C[C@@H](C)C3. The Bertz CT molecular complexity index is 607. The lowest BCUT2D eigenvalue weighted by Crippen LogP contribution is -2.20. The van der Waals surface area contributed by atoms with E-state index in [0.717, 1.165) is 12.1 Å². The van der Waals surface area contributed by atoms with E-state index in [4.69, 9.17) is 0 Å². The van der Waals surface area contributed by atoms with Crippen LogP contribution in [-0.4, -0.2) is 31.6 Å². The number of thioether (sulfide) groups is 1. The number of carbonyl (C=O) groups is 1. The third-order valence-corrected chi connectivity index (χ3v) is 3.49. The van der Waals surface area contributed by atoms with Crippen LogP contribution in [0.3, 0.4) is 0 Å². The van der Waals surface area contributed by atoms with Crippen molar-refractivity contribution in [3.05, 3.63) is 17.5 Å². The highest BCUT2D eigenvalue weighted by atomic mass is 32.2. The van der Waals surface area contributed by atoms with E-state index in [1.807, 2.05) is 6.26 Å². The fourth-order valence-corrected chi connectivity index (χ4v) is 2.48.